The molecule has 0 spiro atoms. The highest BCUT2D eigenvalue weighted by Gasteiger charge is 2.19. The van der Waals surface area contributed by atoms with Gasteiger partial charge in [-0.15, -0.1) is 0 Å². The van der Waals surface area contributed by atoms with Crippen LogP contribution in [0.3, 0.4) is 0 Å². The SMILES string of the molecule is CN=C(NCc1nc(-c2cccc(Cl)c2)no1)N1CCC(C)CC1. The molecule has 0 aliphatic carbocycles. The lowest BCUT2D eigenvalue weighted by atomic mass is 10.00. The molecule has 0 saturated carbocycles. The largest absolute Gasteiger partial charge is 0.347 e. The molecule has 1 N–H and O–H groups in total. The lowest BCUT2D eigenvalue weighted by molar-refractivity contribution is 0.271. The highest BCUT2D eigenvalue weighted by Crippen LogP contribution is 2.20. The molecule has 1 aliphatic rings. The number of benzene rings is 1. The Morgan fingerprint density at radius 2 is 2.21 bits per heavy atom. The molecule has 3 rings (SSSR count). The Morgan fingerprint density at radius 3 is 2.92 bits per heavy atom. The van der Waals surface area contributed by atoms with Gasteiger partial charge in [-0.2, -0.15) is 4.98 Å². The summed E-state index contributed by atoms with van der Waals surface area (Å²) in [5.41, 5.74) is 0.840. The van der Waals surface area contributed by atoms with E-state index in [-0.39, 0.29) is 0 Å². The third-order valence-electron chi connectivity index (χ3n) is 4.24. The van der Waals surface area contributed by atoms with Crippen LogP contribution >= 0.6 is 11.6 Å². The van der Waals surface area contributed by atoms with Gasteiger partial charge < -0.3 is 14.7 Å². The van der Waals surface area contributed by atoms with Gasteiger partial charge in [0.15, 0.2) is 5.96 Å². The fraction of sp³-hybridized carbons (Fsp3) is 0.471. The van der Waals surface area contributed by atoms with E-state index in [1.54, 1.807) is 7.05 Å². The van der Waals surface area contributed by atoms with Crippen molar-refractivity contribution >= 4 is 17.6 Å². The minimum Gasteiger partial charge on any atom is -0.347 e. The lowest BCUT2D eigenvalue weighted by Gasteiger charge is -2.32. The van der Waals surface area contributed by atoms with Crippen LogP contribution in [0.1, 0.15) is 25.7 Å². The van der Waals surface area contributed by atoms with E-state index in [4.69, 9.17) is 16.1 Å². The van der Waals surface area contributed by atoms with Crippen molar-refractivity contribution in [2.75, 3.05) is 20.1 Å². The second-order valence-corrected chi connectivity index (χ2v) is 6.53. The van der Waals surface area contributed by atoms with Gasteiger partial charge in [0, 0.05) is 30.7 Å². The summed E-state index contributed by atoms with van der Waals surface area (Å²) in [4.78, 5) is 11.0. The zero-order chi connectivity index (χ0) is 16.9. The van der Waals surface area contributed by atoms with Crippen LogP contribution in [0.25, 0.3) is 11.4 Å². The van der Waals surface area contributed by atoms with E-state index in [0.29, 0.717) is 23.3 Å². The molecule has 1 aliphatic heterocycles. The van der Waals surface area contributed by atoms with Crippen LogP contribution in [0.15, 0.2) is 33.8 Å². The molecule has 24 heavy (non-hydrogen) atoms. The average Bonchev–Trinajstić information content (AvgIpc) is 3.06. The molecule has 2 heterocycles. The predicted molar refractivity (Wildman–Crippen MR) is 94.9 cm³/mol. The molecule has 7 heteroatoms. The average molecular weight is 348 g/mol. The van der Waals surface area contributed by atoms with Crippen LogP contribution in [-0.4, -0.2) is 41.1 Å². The normalized spacial score (nSPS) is 16.5. The number of rotatable bonds is 3. The summed E-state index contributed by atoms with van der Waals surface area (Å²) < 4.78 is 5.32. The van der Waals surface area contributed by atoms with E-state index in [2.05, 4.69) is 32.3 Å². The minimum absolute atomic E-state index is 0.451. The van der Waals surface area contributed by atoms with Crippen LogP contribution in [0.5, 0.6) is 0 Å². The highest BCUT2D eigenvalue weighted by atomic mass is 35.5. The van der Waals surface area contributed by atoms with E-state index < -0.39 is 0 Å². The van der Waals surface area contributed by atoms with Gasteiger partial charge >= 0.3 is 0 Å². The number of halogens is 1. The molecule has 0 amide bonds. The molecule has 1 fully saturated rings. The second-order valence-electron chi connectivity index (χ2n) is 6.09. The molecule has 128 valence electrons. The van der Waals surface area contributed by atoms with Crippen molar-refractivity contribution in [1.82, 2.24) is 20.4 Å². The molecule has 0 atom stereocenters. The Labute approximate surface area is 146 Å². The number of nitrogens with one attached hydrogen (secondary N) is 1. The number of likely N-dealkylation sites (tertiary alicyclic amines) is 1. The van der Waals surface area contributed by atoms with Crippen LogP contribution < -0.4 is 5.32 Å². The molecule has 0 radical (unpaired) electrons. The molecule has 0 unspecified atom stereocenters. The number of piperidine rings is 1. The maximum atomic E-state index is 6.00. The first-order valence-corrected chi connectivity index (χ1v) is 8.57. The molecule has 1 saturated heterocycles. The fourth-order valence-corrected chi connectivity index (χ4v) is 2.97. The molecular weight excluding hydrogens is 326 g/mol. The Morgan fingerprint density at radius 1 is 1.42 bits per heavy atom. The number of hydrogen-bond donors (Lipinski definition) is 1. The van der Waals surface area contributed by atoms with Crippen LogP contribution in [0.4, 0.5) is 0 Å². The summed E-state index contributed by atoms with van der Waals surface area (Å²) in [5, 5.41) is 7.97. The standard InChI is InChI=1S/C17H22ClN5O/c1-12-6-8-23(9-7-12)17(19-2)20-11-15-21-16(22-24-15)13-4-3-5-14(18)10-13/h3-5,10,12H,6-9,11H2,1-2H3,(H,19,20). The molecule has 2 aromatic rings. The quantitative estimate of drug-likeness (QED) is 0.682. The molecule has 1 aromatic carbocycles. The number of aliphatic imine (C=N–C) groups is 1. The summed E-state index contributed by atoms with van der Waals surface area (Å²) in [6.45, 7) is 4.80. The van der Waals surface area contributed by atoms with Crippen molar-refractivity contribution in [3.05, 3.63) is 35.2 Å². The number of guanidine groups is 1. The van der Waals surface area contributed by atoms with Crippen molar-refractivity contribution < 1.29 is 4.52 Å². The maximum absolute atomic E-state index is 6.00. The predicted octanol–water partition coefficient (Wildman–Crippen LogP) is 3.20. The summed E-state index contributed by atoms with van der Waals surface area (Å²) in [6, 6.07) is 7.40. The van der Waals surface area contributed by atoms with Gasteiger partial charge in [0.2, 0.25) is 11.7 Å². The van der Waals surface area contributed by atoms with E-state index >= 15 is 0 Å². The van der Waals surface area contributed by atoms with Gasteiger partial charge in [-0.3, -0.25) is 4.99 Å². The van der Waals surface area contributed by atoms with Gasteiger partial charge in [-0.25, -0.2) is 0 Å². The molecule has 6 nitrogen and oxygen atoms in total. The van der Waals surface area contributed by atoms with Gasteiger partial charge in [0.1, 0.15) is 0 Å². The van der Waals surface area contributed by atoms with Crippen molar-refractivity contribution in [3.63, 3.8) is 0 Å². The Bertz CT molecular complexity index is 707. The monoisotopic (exact) mass is 347 g/mol. The van der Waals surface area contributed by atoms with Gasteiger partial charge in [-0.1, -0.05) is 35.8 Å². The zero-order valence-electron chi connectivity index (χ0n) is 14.0. The first-order chi connectivity index (χ1) is 11.7. The van der Waals surface area contributed by atoms with Crippen LogP contribution in [0.2, 0.25) is 5.02 Å². The van der Waals surface area contributed by atoms with E-state index in [1.165, 1.54) is 12.8 Å². The van der Waals surface area contributed by atoms with Crippen molar-refractivity contribution in [2.45, 2.75) is 26.3 Å². The second kappa shape index (κ2) is 7.66. The highest BCUT2D eigenvalue weighted by molar-refractivity contribution is 6.30. The molecule has 0 bridgehead atoms. The summed E-state index contributed by atoms with van der Waals surface area (Å²) in [5.74, 6) is 2.73. The number of nitrogens with zero attached hydrogens (tertiary/aromatic N) is 4. The Kier molecular flexibility index (Phi) is 5.35. The Hall–Kier alpha value is -2.08. The third-order valence-corrected chi connectivity index (χ3v) is 4.48. The lowest BCUT2D eigenvalue weighted by Crippen LogP contribution is -2.45. The molecular formula is C17H22ClN5O. The van der Waals surface area contributed by atoms with Crippen molar-refractivity contribution in [2.24, 2.45) is 10.9 Å². The van der Waals surface area contributed by atoms with E-state index in [1.807, 2.05) is 24.3 Å². The summed E-state index contributed by atoms with van der Waals surface area (Å²) >= 11 is 6.00. The third kappa shape index (κ3) is 4.06. The summed E-state index contributed by atoms with van der Waals surface area (Å²) in [7, 11) is 1.80. The maximum Gasteiger partial charge on any atom is 0.246 e. The first-order valence-electron chi connectivity index (χ1n) is 8.20. The zero-order valence-corrected chi connectivity index (χ0v) is 14.8. The van der Waals surface area contributed by atoms with Gasteiger partial charge in [-0.05, 0) is 30.9 Å². The van der Waals surface area contributed by atoms with Gasteiger partial charge in [0.05, 0.1) is 6.54 Å². The minimum atomic E-state index is 0.451. The molecule has 1 aromatic heterocycles. The van der Waals surface area contributed by atoms with Crippen LogP contribution in [-0.2, 0) is 6.54 Å². The topological polar surface area (TPSA) is 66.5 Å². The first kappa shape index (κ1) is 16.8. The summed E-state index contributed by atoms with van der Waals surface area (Å²) in [6.07, 6.45) is 2.39. The van der Waals surface area contributed by atoms with Crippen LogP contribution in [0, 0.1) is 5.92 Å². The van der Waals surface area contributed by atoms with E-state index in [9.17, 15) is 0 Å². The number of hydrogen-bond acceptors (Lipinski definition) is 4. The number of aromatic nitrogens is 2. The van der Waals surface area contributed by atoms with Gasteiger partial charge in [0.25, 0.3) is 0 Å². The van der Waals surface area contributed by atoms with E-state index in [0.717, 1.165) is 30.5 Å². The van der Waals surface area contributed by atoms with Crippen molar-refractivity contribution in [3.8, 4) is 11.4 Å². The van der Waals surface area contributed by atoms with Crippen molar-refractivity contribution in [1.29, 1.82) is 0 Å². The smallest absolute Gasteiger partial charge is 0.246 e. The fourth-order valence-electron chi connectivity index (χ4n) is 2.78. The Balaban J connectivity index is 1.60.